The third-order valence-corrected chi connectivity index (χ3v) is 3.24. The molecule has 0 unspecified atom stereocenters. The van der Waals surface area contributed by atoms with E-state index in [9.17, 15) is 4.79 Å². The topological polar surface area (TPSA) is 35.5 Å². The lowest BCUT2D eigenvalue weighted by molar-refractivity contribution is 0.0735. The largest absolute Gasteiger partial charge is 0.497 e. The van der Waals surface area contributed by atoms with Gasteiger partial charge in [0.15, 0.2) is 0 Å². The molecule has 0 fully saturated rings. The summed E-state index contributed by atoms with van der Waals surface area (Å²) in [7, 11) is 1.63. The molecular weight excluding hydrogens is 264 g/mol. The first-order valence-corrected chi connectivity index (χ1v) is 6.61. The van der Waals surface area contributed by atoms with Gasteiger partial charge in [-0.05, 0) is 47.2 Å². The number of benzene rings is 3. The quantitative estimate of drug-likeness (QED) is 0.535. The summed E-state index contributed by atoms with van der Waals surface area (Å²) in [5.74, 6) is 0.971. The van der Waals surface area contributed by atoms with Crippen LogP contribution in [0.3, 0.4) is 0 Å². The van der Waals surface area contributed by atoms with Gasteiger partial charge in [0.2, 0.25) is 0 Å². The van der Waals surface area contributed by atoms with Gasteiger partial charge in [0.25, 0.3) is 0 Å². The van der Waals surface area contributed by atoms with Crippen molar-refractivity contribution in [1.82, 2.24) is 0 Å². The van der Waals surface area contributed by atoms with Crippen molar-refractivity contribution >= 4 is 16.7 Å². The van der Waals surface area contributed by atoms with Gasteiger partial charge in [0, 0.05) is 0 Å². The van der Waals surface area contributed by atoms with E-state index in [1.165, 1.54) is 0 Å². The van der Waals surface area contributed by atoms with Crippen LogP contribution in [0, 0.1) is 0 Å². The summed E-state index contributed by atoms with van der Waals surface area (Å²) < 4.78 is 10.5. The number of hydrogen-bond donors (Lipinski definition) is 0. The Morgan fingerprint density at radius 1 is 0.810 bits per heavy atom. The first-order valence-electron chi connectivity index (χ1n) is 6.61. The average Bonchev–Trinajstić information content (AvgIpc) is 2.54. The highest BCUT2D eigenvalue weighted by Crippen LogP contribution is 2.22. The van der Waals surface area contributed by atoms with Gasteiger partial charge in [-0.1, -0.05) is 30.3 Å². The second-order valence-electron chi connectivity index (χ2n) is 4.63. The van der Waals surface area contributed by atoms with Gasteiger partial charge in [-0.15, -0.1) is 0 Å². The Morgan fingerprint density at radius 2 is 1.52 bits per heavy atom. The molecule has 0 N–H and O–H groups in total. The molecule has 0 amide bonds. The van der Waals surface area contributed by atoms with E-state index in [1.54, 1.807) is 25.3 Å². The van der Waals surface area contributed by atoms with Gasteiger partial charge in [-0.2, -0.15) is 0 Å². The van der Waals surface area contributed by atoms with E-state index in [1.807, 2.05) is 48.5 Å². The third kappa shape index (κ3) is 2.87. The number of carbonyl (C=O) groups is 1. The molecule has 3 rings (SSSR count). The Bertz CT molecular complexity index is 779. The molecule has 3 aromatic carbocycles. The van der Waals surface area contributed by atoms with Gasteiger partial charge in [-0.3, -0.25) is 0 Å². The number of ether oxygens (including phenoxy) is 2. The van der Waals surface area contributed by atoms with Crippen molar-refractivity contribution in [3.8, 4) is 11.5 Å². The van der Waals surface area contributed by atoms with E-state index in [2.05, 4.69) is 0 Å². The Labute approximate surface area is 122 Å². The van der Waals surface area contributed by atoms with Gasteiger partial charge in [0.05, 0.1) is 12.7 Å². The molecule has 0 saturated heterocycles. The molecule has 0 aliphatic carbocycles. The van der Waals surface area contributed by atoms with Crippen LogP contribution in [0.2, 0.25) is 0 Å². The second kappa shape index (κ2) is 5.67. The summed E-state index contributed by atoms with van der Waals surface area (Å²) >= 11 is 0. The van der Waals surface area contributed by atoms with Crippen LogP contribution < -0.4 is 9.47 Å². The summed E-state index contributed by atoms with van der Waals surface area (Å²) in [4.78, 5) is 12.1. The number of esters is 1. The van der Waals surface area contributed by atoms with Crippen molar-refractivity contribution in [2.45, 2.75) is 0 Å². The van der Waals surface area contributed by atoms with Gasteiger partial charge in [0.1, 0.15) is 11.5 Å². The maximum absolute atomic E-state index is 12.1. The molecule has 0 radical (unpaired) electrons. The molecular formula is C18H14O3. The van der Waals surface area contributed by atoms with Gasteiger partial charge < -0.3 is 9.47 Å². The molecule has 0 aliphatic heterocycles. The lowest BCUT2D eigenvalue weighted by atomic mass is 10.1. The number of carbonyl (C=O) groups excluding carboxylic acids is 1. The molecule has 3 heteroatoms. The van der Waals surface area contributed by atoms with Crippen LogP contribution >= 0.6 is 0 Å². The Kier molecular flexibility index (Phi) is 3.56. The van der Waals surface area contributed by atoms with E-state index in [4.69, 9.17) is 9.47 Å². The predicted molar refractivity (Wildman–Crippen MR) is 81.9 cm³/mol. The zero-order valence-electron chi connectivity index (χ0n) is 11.6. The van der Waals surface area contributed by atoms with Crippen LogP contribution in [0.15, 0.2) is 66.7 Å². The van der Waals surface area contributed by atoms with Crippen LogP contribution in [0.5, 0.6) is 11.5 Å². The maximum atomic E-state index is 12.1. The normalized spacial score (nSPS) is 10.3. The minimum absolute atomic E-state index is 0.362. The summed E-state index contributed by atoms with van der Waals surface area (Å²) in [6.45, 7) is 0. The van der Waals surface area contributed by atoms with E-state index in [-0.39, 0.29) is 5.97 Å². The van der Waals surface area contributed by atoms with Crippen LogP contribution in [-0.4, -0.2) is 13.1 Å². The summed E-state index contributed by atoms with van der Waals surface area (Å²) in [5, 5.41) is 1.99. The molecule has 0 aliphatic rings. The van der Waals surface area contributed by atoms with Gasteiger partial charge in [-0.25, -0.2) is 4.79 Å². The molecule has 104 valence electrons. The molecule has 0 atom stereocenters. The van der Waals surface area contributed by atoms with Crippen molar-refractivity contribution in [1.29, 1.82) is 0 Å². The molecule has 0 bridgehead atoms. The molecule has 0 spiro atoms. The third-order valence-electron chi connectivity index (χ3n) is 3.24. The highest BCUT2D eigenvalue weighted by atomic mass is 16.5. The van der Waals surface area contributed by atoms with Crippen molar-refractivity contribution in [3.63, 3.8) is 0 Å². The fourth-order valence-electron chi connectivity index (χ4n) is 2.13. The summed E-state index contributed by atoms with van der Waals surface area (Å²) in [6, 6.07) is 20.2. The zero-order chi connectivity index (χ0) is 14.7. The highest BCUT2D eigenvalue weighted by molar-refractivity contribution is 5.96. The maximum Gasteiger partial charge on any atom is 0.343 e. The fraction of sp³-hybridized carbons (Fsp3) is 0.0556. The summed E-state index contributed by atoms with van der Waals surface area (Å²) in [6.07, 6.45) is 0. The standard InChI is InChI=1S/C18H14O3/c1-20-17-10-9-13-11-15(8-7-14(13)12-17)18(19)21-16-5-3-2-4-6-16/h2-12H,1H3. The first-order chi connectivity index (χ1) is 10.3. The summed E-state index contributed by atoms with van der Waals surface area (Å²) in [5.41, 5.74) is 0.525. The number of rotatable bonds is 3. The molecule has 0 saturated carbocycles. The van der Waals surface area contributed by atoms with Crippen LogP contribution in [-0.2, 0) is 0 Å². The van der Waals surface area contributed by atoms with E-state index >= 15 is 0 Å². The number of fused-ring (bicyclic) bond motifs is 1. The second-order valence-corrected chi connectivity index (χ2v) is 4.63. The lowest BCUT2D eigenvalue weighted by Crippen LogP contribution is -2.08. The SMILES string of the molecule is COc1ccc2cc(C(=O)Oc3ccccc3)ccc2c1. The van der Waals surface area contributed by atoms with E-state index in [0.29, 0.717) is 11.3 Å². The number of para-hydroxylation sites is 1. The smallest absolute Gasteiger partial charge is 0.343 e. The monoisotopic (exact) mass is 278 g/mol. The molecule has 21 heavy (non-hydrogen) atoms. The number of hydrogen-bond acceptors (Lipinski definition) is 3. The Hall–Kier alpha value is -2.81. The van der Waals surface area contributed by atoms with Crippen LogP contribution in [0.4, 0.5) is 0 Å². The molecule has 3 aromatic rings. The Balaban J connectivity index is 1.88. The van der Waals surface area contributed by atoms with Crippen LogP contribution in [0.25, 0.3) is 10.8 Å². The van der Waals surface area contributed by atoms with Crippen LogP contribution in [0.1, 0.15) is 10.4 Å². The molecule has 0 heterocycles. The van der Waals surface area contributed by atoms with Crippen molar-refractivity contribution in [3.05, 3.63) is 72.3 Å². The van der Waals surface area contributed by atoms with Crippen molar-refractivity contribution < 1.29 is 14.3 Å². The highest BCUT2D eigenvalue weighted by Gasteiger charge is 2.09. The van der Waals surface area contributed by atoms with E-state index < -0.39 is 0 Å². The predicted octanol–water partition coefficient (Wildman–Crippen LogP) is 4.07. The van der Waals surface area contributed by atoms with E-state index in [0.717, 1.165) is 16.5 Å². The van der Waals surface area contributed by atoms with Crippen molar-refractivity contribution in [2.24, 2.45) is 0 Å². The minimum atomic E-state index is -0.362. The van der Waals surface area contributed by atoms with Crippen molar-refractivity contribution in [2.75, 3.05) is 7.11 Å². The fourth-order valence-corrected chi connectivity index (χ4v) is 2.13. The Morgan fingerprint density at radius 3 is 2.29 bits per heavy atom. The van der Waals surface area contributed by atoms with Gasteiger partial charge >= 0.3 is 5.97 Å². The molecule has 3 nitrogen and oxygen atoms in total. The average molecular weight is 278 g/mol. The minimum Gasteiger partial charge on any atom is -0.497 e. The zero-order valence-corrected chi connectivity index (χ0v) is 11.6. The number of methoxy groups -OCH3 is 1. The lowest BCUT2D eigenvalue weighted by Gasteiger charge is -2.06. The molecule has 0 aromatic heterocycles. The first kappa shape index (κ1) is 13.2.